The number of nitrogens with zero attached hydrogens (tertiary/aromatic N) is 2. The van der Waals surface area contributed by atoms with Crippen LogP contribution in [-0.2, 0) is 4.79 Å². The maximum atomic E-state index is 12.8. The van der Waals surface area contributed by atoms with Crippen LogP contribution in [0.2, 0.25) is 0 Å². The lowest BCUT2D eigenvalue weighted by atomic mass is 10.2. The molecule has 2 aromatic carbocycles. The number of carbonyl (C=O) groups is 1. The van der Waals surface area contributed by atoms with Crippen LogP contribution in [0.1, 0.15) is 12.7 Å². The van der Waals surface area contributed by atoms with Crippen LogP contribution in [0.3, 0.4) is 0 Å². The quantitative estimate of drug-likeness (QED) is 0.804. The van der Waals surface area contributed by atoms with E-state index < -0.39 is 0 Å². The van der Waals surface area contributed by atoms with E-state index >= 15 is 0 Å². The van der Waals surface area contributed by atoms with E-state index in [-0.39, 0.29) is 11.5 Å². The van der Waals surface area contributed by atoms with Crippen molar-refractivity contribution in [2.24, 2.45) is 0 Å². The minimum atomic E-state index is -0.193. The SMILES string of the molecule is COc1cc(-n2c(C)nc3ccccc3c2=O)ccc1NC(C)=O. The van der Waals surface area contributed by atoms with Gasteiger partial charge in [-0.25, -0.2) is 4.98 Å². The largest absolute Gasteiger partial charge is 0.494 e. The minimum Gasteiger partial charge on any atom is -0.494 e. The molecule has 122 valence electrons. The third kappa shape index (κ3) is 2.74. The van der Waals surface area contributed by atoms with Gasteiger partial charge in [-0.05, 0) is 31.2 Å². The number of rotatable bonds is 3. The van der Waals surface area contributed by atoms with Gasteiger partial charge in [0, 0.05) is 13.0 Å². The van der Waals surface area contributed by atoms with Gasteiger partial charge in [-0.2, -0.15) is 0 Å². The average molecular weight is 323 g/mol. The van der Waals surface area contributed by atoms with E-state index in [9.17, 15) is 9.59 Å². The molecule has 0 saturated carbocycles. The highest BCUT2D eigenvalue weighted by Crippen LogP contribution is 2.27. The number of amides is 1. The van der Waals surface area contributed by atoms with Crippen molar-refractivity contribution in [3.05, 3.63) is 58.6 Å². The number of hydrogen-bond donors (Lipinski definition) is 1. The average Bonchev–Trinajstić information content (AvgIpc) is 2.55. The van der Waals surface area contributed by atoms with Crippen LogP contribution in [-0.4, -0.2) is 22.6 Å². The second-order valence-corrected chi connectivity index (χ2v) is 5.38. The van der Waals surface area contributed by atoms with Crippen molar-refractivity contribution >= 4 is 22.5 Å². The van der Waals surface area contributed by atoms with Crippen LogP contribution in [0, 0.1) is 6.92 Å². The first-order chi connectivity index (χ1) is 11.5. The Morgan fingerprint density at radius 2 is 1.96 bits per heavy atom. The van der Waals surface area contributed by atoms with E-state index in [0.717, 1.165) is 0 Å². The fourth-order valence-corrected chi connectivity index (χ4v) is 2.66. The lowest BCUT2D eigenvalue weighted by molar-refractivity contribution is -0.114. The van der Waals surface area contributed by atoms with Crippen LogP contribution in [0.15, 0.2) is 47.3 Å². The van der Waals surface area contributed by atoms with Crippen LogP contribution >= 0.6 is 0 Å². The number of aryl methyl sites for hydroxylation is 1. The van der Waals surface area contributed by atoms with E-state index in [2.05, 4.69) is 10.3 Å². The van der Waals surface area contributed by atoms with Crippen molar-refractivity contribution in [2.45, 2.75) is 13.8 Å². The van der Waals surface area contributed by atoms with Gasteiger partial charge in [-0.15, -0.1) is 0 Å². The first kappa shape index (κ1) is 15.7. The zero-order valence-electron chi connectivity index (χ0n) is 13.7. The summed E-state index contributed by atoms with van der Waals surface area (Å²) in [7, 11) is 1.51. The molecule has 1 aromatic heterocycles. The molecule has 6 heteroatoms. The van der Waals surface area contributed by atoms with Crippen LogP contribution in [0.5, 0.6) is 5.75 Å². The van der Waals surface area contributed by atoms with Crippen LogP contribution in [0.4, 0.5) is 5.69 Å². The second kappa shape index (κ2) is 6.16. The van der Waals surface area contributed by atoms with Gasteiger partial charge in [0.1, 0.15) is 11.6 Å². The highest BCUT2D eigenvalue weighted by molar-refractivity contribution is 5.90. The van der Waals surface area contributed by atoms with Gasteiger partial charge < -0.3 is 10.1 Å². The molecule has 0 aliphatic carbocycles. The Bertz CT molecular complexity index is 992. The molecule has 1 heterocycles. The molecule has 3 rings (SSSR count). The van der Waals surface area contributed by atoms with E-state index in [1.807, 2.05) is 18.2 Å². The number of fused-ring (bicyclic) bond motifs is 1. The number of methoxy groups -OCH3 is 1. The van der Waals surface area contributed by atoms with E-state index in [0.29, 0.717) is 33.9 Å². The van der Waals surface area contributed by atoms with E-state index in [1.165, 1.54) is 18.6 Å². The zero-order valence-corrected chi connectivity index (χ0v) is 13.7. The van der Waals surface area contributed by atoms with Gasteiger partial charge >= 0.3 is 0 Å². The Labute approximate surface area is 138 Å². The Morgan fingerprint density at radius 1 is 1.21 bits per heavy atom. The summed E-state index contributed by atoms with van der Waals surface area (Å²) in [4.78, 5) is 28.6. The van der Waals surface area contributed by atoms with E-state index in [4.69, 9.17) is 4.74 Å². The van der Waals surface area contributed by atoms with Crippen LogP contribution in [0.25, 0.3) is 16.6 Å². The summed E-state index contributed by atoms with van der Waals surface area (Å²) in [6.45, 7) is 3.21. The van der Waals surface area contributed by atoms with Crippen molar-refractivity contribution in [3.63, 3.8) is 0 Å². The number of anilines is 1. The summed E-state index contributed by atoms with van der Waals surface area (Å²) < 4.78 is 6.86. The molecule has 3 aromatic rings. The molecule has 0 bridgehead atoms. The van der Waals surface area contributed by atoms with Crippen molar-refractivity contribution < 1.29 is 9.53 Å². The van der Waals surface area contributed by atoms with Gasteiger partial charge in [0.05, 0.1) is 29.4 Å². The molecule has 0 unspecified atom stereocenters. The topological polar surface area (TPSA) is 73.2 Å². The molecular formula is C18H17N3O3. The molecular weight excluding hydrogens is 306 g/mol. The summed E-state index contributed by atoms with van der Waals surface area (Å²) in [5, 5.41) is 3.24. The second-order valence-electron chi connectivity index (χ2n) is 5.38. The Hall–Kier alpha value is -3.15. The molecule has 1 N–H and O–H groups in total. The highest BCUT2D eigenvalue weighted by atomic mass is 16.5. The molecule has 0 aliphatic rings. The molecule has 6 nitrogen and oxygen atoms in total. The number of nitrogens with one attached hydrogen (secondary N) is 1. The standard InChI is InChI=1S/C18H17N3O3/c1-11-19-15-7-5-4-6-14(15)18(23)21(11)13-8-9-16(20-12(2)22)17(10-13)24-3/h4-10H,1-3H3,(H,20,22). The molecule has 1 amide bonds. The van der Waals surface area contributed by atoms with Crippen molar-refractivity contribution in [1.82, 2.24) is 9.55 Å². The summed E-state index contributed by atoms with van der Waals surface area (Å²) in [6.07, 6.45) is 0. The maximum absolute atomic E-state index is 12.8. The number of carbonyl (C=O) groups excluding carboxylic acids is 1. The Morgan fingerprint density at radius 3 is 2.67 bits per heavy atom. The number of para-hydroxylation sites is 1. The number of aromatic nitrogens is 2. The predicted molar refractivity (Wildman–Crippen MR) is 92.9 cm³/mol. The third-order valence-electron chi connectivity index (χ3n) is 3.70. The molecule has 0 spiro atoms. The van der Waals surface area contributed by atoms with Gasteiger partial charge in [0.15, 0.2) is 0 Å². The van der Waals surface area contributed by atoms with Gasteiger partial charge in [0.25, 0.3) is 5.56 Å². The first-order valence-corrected chi connectivity index (χ1v) is 7.45. The summed E-state index contributed by atoms with van der Waals surface area (Å²) in [5.74, 6) is 0.858. The molecule has 0 fully saturated rings. The van der Waals surface area contributed by atoms with Gasteiger partial charge in [-0.3, -0.25) is 14.2 Å². The molecule has 0 saturated heterocycles. The van der Waals surface area contributed by atoms with Gasteiger partial charge in [-0.1, -0.05) is 12.1 Å². The van der Waals surface area contributed by atoms with Crippen molar-refractivity contribution in [2.75, 3.05) is 12.4 Å². The summed E-state index contributed by atoms with van der Waals surface area (Å²) >= 11 is 0. The first-order valence-electron chi connectivity index (χ1n) is 7.45. The summed E-state index contributed by atoms with van der Waals surface area (Å²) in [5.41, 5.74) is 1.69. The van der Waals surface area contributed by atoms with E-state index in [1.54, 1.807) is 31.2 Å². The molecule has 0 atom stereocenters. The van der Waals surface area contributed by atoms with Crippen molar-refractivity contribution in [3.8, 4) is 11.4 Å². The number of ether oxygens (including phenoxy) is 1. The van der Waals surface area contributed by atoms with Gasteiger partial charge in [0.2, 0.25) is 5.91 Å². The minimum absolute atomic E-state index is 0.146. The monoisotopic (exact) mass is 323 g/mol. The zero-order chi connectivity index (χ0) is 17.3. The Kier molecular flexibility index (Phi) is 4.04. The fourth-order valence-electron chi connectivity index (χ4n) is 2.66. The molecule has 0 radical (unpaired) electrons. The number of hydrogen-bond acceptors (Lipinski definition) is 4. The number of benzene rings is 2. The van der Waals surface area contributed by atoms with Crippen molar-refractivity contribution in [1.29, 1.82) is 0 Å². The maximum Gasteiger partial charge on any atom is 0.265 e. The fraction of sp³-hybridized carbons (Fsp3) is 0.167. The predicted octanol–water partition coefficient (Wildman–Crippen LogP) is 2.66. The smallest absolute Gasteiger partial charge is 0.265 e. The van der Waals surface area contributed by atoms with Crippen LogP contribution < -0.4 is 15.6 Å². The highest BCUT2D eigenvalue weighted by Gasteiger charge is 2.12. The lowest BCUT2D eigenvalue weighted by Gasteiger charge is -2.14. The summed E-state index contributed by atoms with van der Waals surface area (Å²) in [6, 6.07) is 12.4. The lowest BCUT2D eigenvalue weighted by Crippen LogP contribution is -2.22. The third-order valence-corrected chi connectivity index (χ3v) is 3.70. The normalized spacial score (nSPS) is 10.6. The molecule has 24 heavy (non-hydrogen) atoms. The molecule has 0 aliphatic heterocycles. The Balaban J connectivity index is 2.21.